The number of hydrogen-bond donors (Lipinski definition) is 1. The summed E-state index contributed by atoms with van der Waals surface area (Å²) in [6.45, 7) is 1.10. The number of Topliss-reactive ketones (excluding diaryl/α,β-unsaturated/α-hetero) is 1. The van der Waals surface area contributed by atoms with E-state index in [0.717, 1.165) is 34.1 Å². The number of ether oxygens (including phenoxy) is 1. The monoisotopic (exact) mass is 358 g/mol. The molecule has 0 radical (unpaired) electrons. The van der Waals surface area contributed by atoms with Crippen LogP contribution in [0.15, 0.2) is 66.9 Å². The maximum absolute atomic E-state index is 12.7. The summed E-state index contributed by atoms with van der Waals surface area (Å²) in [4.78, 5) is 18.0. The Kier molecular flexibility index (Phi) is 4.65. The molecule has 1 aromatic heterocycles. The highest BCUT2D eigenvalue weighted by molar-refractivity contribution is 6.08. The highest BCUT2D eigenvalue weighted by Crippen LogP contribution is 2.23. The molecule has 0 aliphatic rings. The molecule has 136 valence electrons. The quantitative estimate of drug-likeness (QED) is 0.511. The lowest BCUT2D eigenvalue weighted by Gasteiger charge is -2.16. The predicted octanol–water partition coefficient (Wildman–Crippen LogP) is 4.64. The molecule has 0 atom stereocenters. The van der Waals surface area contributed by atoms with Crippen molar-refractivity contribution in [2.24, 2.45) is 0 Å². The van der Waals surface area contributed by atoms with Crippen molar-refractivity contribution in [3.8, 4) is 5.75 Å². The lowest BCUT2D eigenvalue weighted by molar-refractivity contribution is 0.0945. The Morgan fingerprint density at radius 2 is 1.81 bits per heavy atom. The number of rotatable bonds is 6. The summed E-state index contributed by atoms with van der Waals surface area (Å²) in [5, 5.41) is 3.30. The zero-order valence-electron chi connectivity index (χ0n) is 15.5. The van der Waals surface area contributed by atoms with Crippen molar-refractivity contribution < 1.29 is 9.53 Å². The van der Waals surface area contributed by atoms with Gasteiger partial charge in [-0.1, -0.05) is 36.4 Å². The molecule has 0 saturated carbocycles. The van der Waals surface area contributed by atoms with Crippen LogP contribution in [-0.4, -0.2) is 36.4 Å². The fraction of sp³-hybridized carbons (Fsp3) is 0.174. The average Bonchev–Trinajstić information content (AvgIpc) is 3.11. The van der Waals surface area contributed by atoms with E-state index in [1.165, 1.54) is 10.9 Å². The number of benzene rings is 3. The zero-order valence-corrected chi connectivity index (χ0v) is 15.5. The molecule has 0 saturated heterocycles. The van der Waals surface area contributed by atoms with Crippen molar-refractivity contribution in [1.82, 2.24) is 9.88 Å². The Balaban J connectivity index is 1.48. The number of hydrogen-bond acceptors (Lipinski definition) is 3. The second-order valence-electron chi connectivity index (χ2n) is 6.89. The molecule has 1 heterocycles. The fourth-order valence-corrected chi connectivity index (χ4v) is 3.50. The molecule has 4 nitrogen and oxygen atoms in total. The van der Waals surface area contributed by atoms with E-state index in [2.05, 4.69) is 34.1 Å². The Bertz CT molecular complexity index is 1110. The van der Waals surface area contributed by atoms with E-state index >= 15 is 0 Å². The van der Waals surface area contributed by atoms with Gasteiger partial charge in [-0.05, 0) is 47.6 Å². The Hall–Kier alpha value is -3.11. The van der Waals surface area contributed by atoms with Crippen LogP contribution in [0.3, 0.4) is 0 Å². The van der Waals surface area contributed by atoms with Crippen LogP contribution in [0.1, 0.15) is 15.9 Å². The van der Waals surface area contributed by atoms with Crippen molar-refractivity contribution in [1.29, 1.82) is 0 Å². The molecule has 3 aromatic carbocycles. The SMILES string of the molecule is COc1ccc2cc(CN(C)CC(=O)c3c[nH]c4ccccc34)ccc2c1. The maximum Gasteiger partial charge on any atom is 0.178 e. The summed E-state index contributed by atoms with van der Waals surface area (Å²) in [6.07, 6.45) is 1.81. The minimum atomic E-state index is 0.125. The summed E-state index contributed by atoms with van der Waals surface area (Å²) in [5.74, 6) is 0.983. The van der Waals surface area contributed by atoms with Crippen LogP contribution in [0.25, 0.3) is 21.7 Å². The molecular formula is C23H22N2O2. The van der Waals surface area contributed by atoms with Gasteiger partial charge in [0.2, 0.25) is 0 Å². The van der Waals surface area contributed by atoms with Crippen LogP contribution in [0.2, 0.25) is 0 Å². The number of carbonyl (C=O) groups excluding carboxylic acids is 1. The van der Waals surface area contributed by atoms with Gasteiger partial charge in [-0.2, -0.15) is 0 Å². The number of nitrogens with zero attached hydrogens (tertiary/aromatic N) is 1. The van der Waals surface area contributed by atoms with E-state index in [-0.39, 0.29) is 5.78 Å². The second-order valence-corrected chi connectivity index (χ2v) is 6.89. The number of likely N-dealkylation sites (N-methyl/N-ethyl adjacent to an activating group) is 1. The average molecular weight is 358 g/mol. The summed E-state index contributed by atoms with van der Waals surface area (Å²) >= 11 is 0. The van der Waals surface area contributed by atoms with Gasteiger partial charge < -0.3 is 9.72 Å². The minimum absolute atomic E-state index is 0.125. The van der Waals surface area contributed by atoms with Gasteiger partial charge in [-0.25, -0.2) is 0 Å². The largest absolute Gasteiger partial charge is 0.497 e. The predicted molar refractivity (Wildman–Crippen MR) is 109 cm³/mol. The number of ketones is 1. The standard InChI is InChI=1S/C23H22N2O2/c1-25(15-23(26)21-13-24-22-6-4-3-5-20(21)22)14-16-7-8-18-12-19(27-2)10-9-17(18)11-16/h3-13,24H,14-15H2,1-2H3. The van der Waals surface area contributed by atoms with Crippen molar-refractivity contribution >= 4 is 27.5 Å². The molecule has 0 amide bonds. The molecule has 0 aliphatic carbocycles. The van der Waals surface area contributed by atoms with Gasteiger partial charge in [0.05, 0.1) is 13.7 Å². The van der Waals surface area contributed by atoms with Crippen molar-refractivity contribution in [2.45, 2.75) is 6.54 Å². The normalized spacial score (nSPS) is 11.4. The molecule has 0 spiro atoms. The van der Waals surface area contributed by atoms with E-state index < -0.39 is 0 Å². The lowest BCUT2D eigenvalue weighted by atomic mass is 10.1. The molecule has 1 N–H and O–H groups in total. The van der Waals surface area contributed by atoms with Gasteiger partial charge in [-0.3, -0.25) is 9.69 Å². The molecule has 4 aromatic rings. The number of nitrogens with one attached hydrogen (secondary N) is 1. The zero-order chi connectivity index (χ0) is 18.8. The lowest BCUT2D eigenvalue weighted by Crippen LogP contribution is -2.25. The Morgan fingerprint density at radius 3 is 2.67 bits per heavy atom. The van der Waals surface area contributed by atoms with E-state index in [1.54, 1.807) is 7.11 Å². The number of methoxy groups -OCH3 is 1. The molecule has 0 fully saturated rings. The summed E-state index contributed by atoms with van der Waals surface area (Å²) in [5.41, 5.74) is 2.93. The third-order valence-electron chi connectivity index (χ3n) is 4.87. The van der Waals surface area contributed by atoms with Crippen LogP contribution in [0, 0.1) is 0 Å². The van der Waals surface area contributed by atoms with Crippen LogP contribution in [-0.2, 0) is 6.54 Å². The molecule has 4 rings (SSSR count). The Morgan fingerprint density at radius 1 is 1.04 bits per heavy atom. The van der Waals surface area contributed by atoms with E-state index in [0.29, 0.717) is 6.54 Å². The first-order valence-electron chi connectivity index (χ1n) is 8.98. The van der Waals surface area contributed by atoms with E-state index in [9.17, 15) is 4.79 Å². The maximum atomic E-state index is 12.7. The molecule has 4 heteroatoms. The summed E-state index contributed by atoms with van der Waals surface area (Å²) in [7, 11) is 3.65. The molecular weight excluding hydrogens is 336 g/mol. The van der Waals surface area contributed by atoms with Crippen molar-refractivity contribution in [2.75, 3.05) is 20.7 Å². The number of aromatic amines is 1. The van der Waals surface area contributed by atoms with E-state index in [1.807, 2.05) is 49.6 Å². The van der Waals surface area contributed by atoms with Gasteiger partial charge in [0.1, 0.15) is 5.75 Å². The first-order valence-corrected chi connectivity index (χ1v) is 8.98. The van der Waals surface area contributed by atoms with Crippen LogP contribution < -0.4 is 4.74 Å². The van der Waals surface area contributed by atoms with Gasteiger partial charge in [0.15, 0.2) is 5.78 Å². The highest BCUT2D eigenvalue weighted by Gasteiger charge is 2.14. The third-order valence-corrected chi connectivity index (χ3v) is 4.87. The minimum Gasteiger partial charge on any atom is -0.497 e. The molecule has 0 bridgehead atoms. The summed E-state index contributed by atoms with van der Waals surface area (Å²) < 4.78 is 5.28. The first-order chi connectivity index (χ1) is 13.1. The van der Waals surface area contributed by atoms with Crippen molar-refractivity contribution in [3.05, 3.63) is 78.0 Å². The van der Waals surface area contributed by atoms with Crippen LogP contribution >= 0.6 is 0 Å². The van der Waals surface area contributed by atoms with Crippen LogP contribution in [0.4, 0.5) is 0 Å². The number of carbonyl (C=O) groups is 1. The van der Waals surface area contributed by atoms with Crippen molar-refractivity contribution in [3.63, 3.8) is 0 Å². The molecule has 0 aliphatic heterocycles. The Labute approximate surface area is 158 Å². The molecule has 27 heavy (non-hydrogen) atoms. The van der Waals surface area contributed by atoms with Gasteiger partial charge in [-0.15, -0.1) is 0 Å². The number of aromatic nitrogens is 1. The summed E-state index contributed by atoms with van der Waals surface area (Å²) in [6, 6.07) is 20.3. The second kappa shape index (κ2) is 7.25. The van der Waals surface area contributed by atoms with Gasteiger partial charge >= 0.3 is 0 Å². The third kappa shape index (κ3) is 3.57. The van der Waals surface area contributed by atoms with Crippen LogP contribution in [0.5, 0.6) is 5.75 Å². The van der Waals surface area contributed by atoms with Gasteiger partial charge in [0, 0.05) is 29.2 Å². The number of H-pyrrole nitrogens is 1. The number of para-hydroxylation sites is 1. The first kappa shape index (κ1) is 17.3. The van der Waals surface area contributed by atoms with Gasteiger partial charge in [0.25, 0.3) is 0 Å². The fourth-order valence-electron chi connectivity index (χ4n) is 3.50. The highest BCUT2D eigenvalue weighted by atomic mass is 16.5. The number of fused-ring (bicyclic) bond motifs is 2. The smallest absolute Gasteiger partial charge is 0.178 e. The van der Waals surface area contributed by atoms with E-state index in [4.69, 9.17) is 4.74 Å². The molecule has 0 unspecified atom stereocenters. The topological polar surface area (TPSA) is 45.3 Å².